The van der Waals surface area contributed by atoms with Crippen LogP contribution in [0.4, 0.5) is 0 Å². The zero-order chi connectivity index (χ0) is 10.1. The smallest absolute Gasteiger partial charge is 0.214 e. The molecule has 13 heavy (non-hydrogen) atoms. The first-order valence-corrected chi connectivity index (χ1v) is 5.74. The Morgan fingerprint density at radius 2 is 2.08 bits per heavy atom. The van der Waals surface area contributed by atoms with Gasteiger partial charge in [-0.2, -0.15) is 0 Å². The summed E-state index contributed by atoms with van der Waals surface area (Å²) in [7, 11) is -3.25. The van der Waals surface area contributed by atoms with Crippen LogP contribution in [0, 0.1) is 0 Å². The summed E-state index contributed by atoms with van der Waals surface area (Å²) in [5, 5.41) is 17.7. The minimum atomic E-state index is -3.25. The largest absolute Gasteiger partial charge is 0.393 e. The van der Waals surface area contributed by atoms with Gasteiger partial charge >= 0.3 is 0 Å². The average Bonchev–Trinajstić information content (AvgIpc) is 2.84. The second-order valence-corrected chi connectivity index (χ2v) is 5.77. The predicted octanol–water partition coefficient (Wildman–Crippen LogP) is -1.19. The van der Waals surface area contributed by atoms with E-state index in [9.17, 15) is 13.5 Å². The molecule has 1 fully saturated rings. The minimum absolute atomic E-state index is 0.137. The van der Waals surface area contributed by atoms with E-state index in [4.69, 9.17) is 5.11 Å². The first kappa shape index (κ1) is 10.9. The van der Waals surface area contributed by atoms with Gasteiger partial charge in [0.2, 0.25) is 10.0 Å². The summed E-state index contributed by atoms with van der Waals surface area (Å²) >= 11 is 0. The van der Waals surface area contributed by atoms with Crippen molar-refractivity contribution in [3.63, 3.8) is 0 Å². The summed E-state index contributed by atoms with van der Waals surface area (Å²) in [6.45, 7) is 0.783. The molecular weight excluding hydrogens is 194 g/mol. The molecule has 0 bridgehead atoms. The van der Waals surface area contributed by atoms with Crippen LogP contribution in [0.5, 0.6) is 0 Å². The van der Waals surface area contributed by atoms with Gasteiger partial charge in [0.1, 0.15) is 0 Å². The first-order chi connectivity index (χ1) is 5.87. The van der Waals surface area contributed by atoms with Gasteiger partial charge in [0, 0.05) is 6.54 Å². The van der Waals surface area contributed by atoms with Crippen molar-refractivity contribution in [2.45, 2.75) is 30.6 Å². The highest BCUT2D eigenvalue weighted by Crippen LogP contribution is 2.27. The Balaban J connectivity index is 2.41. The van der Waals surface area contributed by atoms with Gasteiger partial charge in [-0.1, -0.05) is 0 Å². The number of hydrogen-bond donors (Lipinski definition) is 3. The standard InChI is InChI=1S/C7H15NO4S/c1-7(10,5-9)4-8-13(11,12)6-2-3-6/h6,8-10H,2-5H2,1H3. The van der Waals surface area contributed by atoms with Gasteiger partial charge in [-0.25, -0.2) is 13.1 Å². The molecule has 1 aliphatic carbocycles. The SMILES string of the molecule is CC(O)(CO)CNS(=O)(=O)C1CC1. The molecule has 0 heterocycles. The van der Waals surface area contributed by atoms with Crippen LogP contribution in [0.2, 0.25) is 0 Å². The van der Waals surface area contributed by atoms with Crippen molar-refractivity contribution in [2.24, 2.45) is 0 Å². The van der Waals surface area contributed by atoms with Crippen LogP contribution in [0.3, 0.4) is 0 Å². The summed E-state index contributed by atoms with van der Waals surface area (Å²) < 4.78 is 24.8. The van der Waals surface area contributed by atoms with Crippen LogP contribution in [-0.2, 0) is 10.0 Å². The Morgan fingerprint density at radius 3 is 2.46 bits per heavy atom. The summed E-state index contributed by atoms with van der Waals surface area (Å²) in [5.74, 6) is 0. The lowest BCUT2D eigenvalue weighted by Gasteiger charge is -2.20. The molecule has 0 radical (unpaired) electrons. The van der Waals surface area contributed by atoms with Gasteiger partial charge in [0.25, 0.3) is 0 Å². The van der Waals surface area contributed by atoms with E-state index >= 15 is 0 Å². The fraction of sp³-hybridized carbons (Fsp3) is 1.00. The van der Waals surface area contributed by atoms with Crippen molar-refractivity contribution >= 4 is 10.0 Å². The topological polar surface area (TPSA) is 86.6 Å². The van der Waals surface area contributed by atoms with Crippen molar-refractivity contribution < 1.29 is 18.6 Å². The molecule has 0 saturated heterocycles. The van der Waals surface area contributed by atoms with Crippen LogP contribution in [0.25, 0.3) is 0 Å². The van der Waals surface area contributed by atoms with Crippen molar-refractivity contribution in [2.75, 3.05) is 13.2 Å². The summed E-state index contributed by atoms with van der Waals surface area (Å²) in [6, 6.07) is 0. The molecule has 1 rings (SSSR count). The van der Waals surface area contributed by atoms with Crippen LogP contribution in [0.1, 0.15) is 19.8 Å². The van der Waals surface area contributed by atoms with E-state index in [1.165, 1.54) is 6.92 Å². The van der Waals surface area contributed by atoms with E-state index in [0.717, 1.165) is 0 Å². The van der Waals surface area contributed by atoms with E-state index in [2.05, 4.69) is 4.72 Å². The first-order valence-electron chi connectivity index (χ1n) is 4.19. The molecule has 6 heteroatoms. The third-order valence-corrected chi connectivity index (χ3v) is 3.85. The fourth-order valence-corrected chi connectivity index (χ4v) is 2.31. The number of aliphatic hydroxyl groups is 2. The van der Waals surface area contributed by atoms with Gasteiger partial charge in [-0.15, -0.1) is 0 Å². The van der Waals surface area contributed by atoms with Gasteiger partial charge in [0.05, 0.1) is 17.5 Å². The number of sulfonamides is 1. The second-order valence-electron chi connectivity index (χ2n) is 3.72. The predicted molar refractivity (Wildman–Crippen MR) is 47.7 cm³/mol. The Kier molecular flexibility index (Phi) is 2.96. The summed E-state index contributed by atoms with van der Waals surface area (Å²) in [5.41, 5.74) is -1.37. The highest BCUT2D eigenvalue weighted by atomic mass is 32.2. The summed E-state index contributed by atoms with van der Waals surface area (Å²) in [6.07, 6.45) is 1.38. The van der Waals surface area contributed by atoms with Gasteiger partial charge in [-0.3, -0.25) is 0 Å². The third kappa shape index (κ3) is 3.22. The molecule has 0 amide bonds. The fourth-order valence-electron chi connectivity index (χ4n) is 0.808. The lowest BCUT2D eigenvalue weighted by atomic mass is 10.1. The van der Waals surface area contributed by atoms with E-state index in [1.54, 1.807) is 0 Å². The van der Waals surface area contributed by atoms with Crippen LogP contribution in [0.15, 0.2) is 0 Å². The van der Waals surface area contributed by atoms with E-state index in [-0.39, 0.29) is 11.8 Å². The van der Waals surface area contributed by atoms with E-state index < -0.39 is 22.2 Å². The molecule has 3 N–H and O–H groups in total. The number of aliphatic hydroxyl groups excluding tert-OH is 1. The van der Waals surface area contributed by atoms with E-state index in [0.29, 0.717) is 12.8 Å². The normalized spacial score (nSPS) is 22.7. The van der Waals surface area contributed by atoms with Crippen molar-refractivity contribution in [3.8, 4) is 0 Å². The van der Waals surface area contributed by atoms with Crippen LogP contribution < -0.4 is 4.72 Å². The zero-order valence-electron chi connectivity index (χ0n) is 7.52. The van der Waals surface area contributed by atoms with Crippen LogP contribution >= 0.6 is 0 Å². The minimum Gasteiger partial charge on any atom is -0.393 e. The molecule has 1 unspecified atom stereocenters. The molecule has 0 aromatic heterocycles. The van der Waals surface area contributed by atoms with Gasteiger partial charge < -0.3 is 10.2 Å². The van der Waals surface area contributed by atoms with Crippen molar-refractivity contribution in [1.82, 2.24) is 4.72 Å². The Labute approximate surface area is 77.8 Å². The third-order valence-electron chi connectivity index (χ3n) is 1.96. The van der Waals surface area contributed by atoms with Crippen molar-refractivity contribution in [1.29, 1.82) is 0 Å². The highest BCUT2D eigenvalue weighted by Gasteiger charge is 2.36. The molecule has 0 spiro atoms. The molecule has 1 atom stereocenters. The summed E-state index contributed by atoms with van der Waals surface area (Å²) in [4.78, 5) is 0. The highest BCUT2D eigenvalue weighted by molar-refractivity contribution is 7.90. The lowest BCUT2D eigenvalue weighted by molar-refractivity contribution is 0.00680. The molecule has 78 valence electrons. The number of rotatable bonds is 5. The monoisotopic (exact) mass is 209 g/mol. The maximum atomic E-state index is 11.3. The number of hydrogen-bond acceptors (Lipinski definition) is 4. The Morgan fingerprint density at radius 1 is 1.54 bits per heavy atom. The molecule has 1 saturated carbocycles. The lowest BCUT2D eigenvalue weighted by Crippen LogP contribution is -2.44. The zero-order valence-corrected chi connectivity index (χ0v) is 8.34. The van der Waals surface area contributed by atoms with Crippen LogP contribution in [-0.4, -0.2) is 42.6 Å². The quantitative estimate of drug-likeness (QED) is 0.531. The Bertz CT molecular complexity index is 268. The van der Waals surface area contributed by atoms with Crippen molar-refractivity contribution in [3.05, 3.63) is 0 Å². The average molecular weight is 209 g/mol. The molecule has 1 aliphatic rings. The molecule has 0 aromatic carbocycles. The Hall–Kier alpha value is -0.170. The van der Waals surface area contributed by atoms with Gasteiger partial charge in [0.15, 0.2) is 0 Å². The van der Waals surface area contributed by atoms with E-state index in [1.807, 2.05) is 0 Å². The maximum Gasteiger partial charge on any atom is 0.214 e. The number of nitrogens with one attached hydrogen (secondary N) is 1. The van der Waals surface area contributed by atoms with Gasteiger partial charge in [-0.05, 0) is 19.8 Å². The molecule has 5 nitrogen and oxygen atoms in total. The second kappa shape index (κ2) is 3.53. The molecule has 0 aromatic rings. The molecular formula is C7H15NO4S. The maximum absolute atomic E-state index is 11.3. The molecule has 0 aliphatic heterocycles.